The summed E-state index contributed by atoms with van der Waals surface area (Å²) in [6.07, 6.45) is -0.536. The molecule has 0 aromatic heterocycles. The first-order valence-electron chi connectivity index (χ1n) is 7.85. The third-order valence-electron chi connectivity index (χ3n) is 4.14. The molecule has 1 aliphatic rings. The number of nitrogens with two attached hydrogens (primary N) is 1. The normalized spacial score (nSPS) is 20.6. The summed E-state index contributed by atoms with van der Waals surface area (Å²) in [6.45, 7) is 1.40. The number of carbonyl (C=O) groups excluding carboxylic acids is 3. The number of primary amides is 1. The van der Waals surface area contributed by atoms with Crippen molar-refractivity contribution in [3.05, 3.63) is 35.4 Å². The molecule has 0 bridgehead atoms. The highest BCUT2D eigenvalue weighted by atomic mass is 16.3. The van der Waals surface area contributed by atoms with E-state index in [0.29, 0.717) is 11.1 Å². The lowest BCUT2D eigenvalue weighted by Gasteiger charge is -2.24. The minimum absolute atomic E-state index is 0.0822. The molecule has 0 aliphatic carbocycles. The van der Waals surface area contributed by atoms with E-state index in [0.717, 1.165) is 0 Å². The van der Waals surface area contributed by atoms with Gasteiger partial charge < -0.3 is 21.1 Å². The van der Waals surface area contributed by atoms with Gasteiger partial charge in [0.1, 0.15) is 12.1 Å². The number of aliphatic hydroxyl groups excluding tert-OH is 1. The molecule has 132 valence electrons. The molecular weight excluding hydrogens is 324 g/mol. The van der Waals surface area contributed by atoms with Crippen LogP contribution >= 0.6 is 0 Å². The van der Waals surface area contributed by atoms with Crippen LogP contribution in [-0.2, 0) is 20.8 Å². The van der Waals surface area contributed by atoms with Gasteiger partial charge in [0.2, 0.25) is 17.7 Å². The number of hydrogen-bond donors (Lipinski definition) is 3. The average molecular weight is 344 g/mol. The number of nitrogens with one attached hydrogen (secondary N) is 1. The molecule has 0 spiro atoms. The standard InChI is InChI=1S/C17H20N4O4/c1-10(22)21-9-13(23)7-15(21)17(25)20-14(16(19)24)6-11-3-2-4-12(5-11)8-18/h2-5,13-15,23H,6-7,9H2,1H3,(H2,19,24)(H,20,25)/t13-,14-,15+/m1/s1. The summed E-state index contributed by atoms with van der Waals surface area (Å²) in [5.41, 5.74) is 6.49. The Balaban J connectivity index is 2.10. The van der Waals surface area contributed by atoms with Crippen molar-refractivity contribution < 1.29 is 19.5 Å². The fourth-order valence-corrected chi connectivity index (χ4v) is 2.90. The van der Waals surface area contributed by atoms with Crippen LogP contribution in [0.4, 0.5) is 0 Å². The van der Waals surface area contributed by atoms with Crippen LogP contribution in [0.1, 0.15) is 24.5 Å². The van der Waals surface area contributed by atoms with E-state index in [2.05, 4.69) is 5.32 Å². The van der Waals surface area contributed by atoms with Crippen LogP contribution in [-0.4, -0.2) is 52.5 Å². The lowest BCUT2D eigenvalue weighted by molar-refractivity contribution is -0.138. The zero-order valence-corrected chi connectivity index (χ0v) is 13.8. The first-order chi connectivity index (χ1) is 11.8. The predicted molar refractivity (Wildman–Crippen MR) is 87.8 cm³/mol. The zero-order chi connectivity index (χ0) is 18.6. The Labute approximate surface area is 145 Å². The Bertz CT molecular complexity index is 728. The van der Waals surface area contributed by atoms with Gasteiger partial charge in [-0.15, -0.1) is 0 Å². The summed E-state index contributed by atoms with van der Waals surface area (Å²) >= 11 is 0. The monoisotopic (exact) mass is 344 g/mol. The van der Waals surface area contributed by atoms with Gasteiger partial charge in [0.15, 0.2) is 0 Å². The molecule has 1 heterocycles. The Morgan fingerprint density at radius 3 is 2.80 bits per heavy atom. The van der Waals surface area contributed by atoms with Gasteiger partial charge >= 0.3 is 0 Å². The van der Waals surface area contributed by atoms with Crippen molar-refractivity contribution in [2.24, 2.45) is 5.73 Å². The van der Waals surface area contributed by atoms with Crippen LogP contribution in [0.3, 0.4) is 0 Å². The largest absolute Gasteiger partial charge is 0.391 e. The third-order valence-corrected chi connectivity index (χ3v) is 4.14. The van der Waals surface area contributed by atoms with Gasteiger partial charge in [0, 0.05) is 26.3 Å². The highest BCUT2D eigenvalue weighted by molar-refractivity contribution is 5.91. The number of likely N-dealkylation sites (tertiary alicyclic amines) is 1. The molecule has 4 N–H and O–H groups in total. The fourth-order valence-electron chi connectivity index (χ4n) is 2.90. The second-order valence-corrected chi connectivity index (χ2v) is 6.06. The van der Waals surface area contributed by atoms with E-state index in [4.69, 9.17) is 11.0 Å². The van der Waals surface area contributed by atoms with E-state index in [1.807, 2.05) is 6.07 Å². The summed E-state index contributed by atoms with van der Waals surface area (Å²) in [6, 6.07) is 6.84. The molecule has 8 nitrogen and oxygen atoms in total. The SMILES string of the molecule is CC(=O)N1C[C@H](O)C[C@H]1C(=O)N[C@H](Cc1cccc(C#N)c1)C(N)=O. The number of aliphatic hydroxyl groups is 1. The van der Waals surface area contributed by atoms with E-state index in [9.17, 15) is 19.5 Å². The van der Waals surface area contributed by atoms with Crippen LogP contribution in [0, 0.1) is 11.3 Å². The quantitative estimate of drug-likeness (QED) is 0.633. The zero-order valence-electron chi connectivity index (χ0n) is 13.8. The maximum Gasteiger partial charge on any atom is 0.243 e. The number of nitriles is 1. The molecule has 1 aliphatic heterocycles. The van der Waals surface area contributed by atoms with E-state index in [1.54, 1.807) is 24.3 Å². The van der Waals surface area contributed by atoms with Gasteiger partial charge in [-0.25, -0.2) is 0 Å². The molecule has 3 atom stereocenters. The highest BCUT2D eigenvalue weighted by Gasteiger charge is 2.38. The molecule has 1 aromatic rings. The smallest absolute Gasteiger partial charge is 0.243 e. The van der Waals surface area contributed by atoms with Gasteiger partial charge in [0.25, 0.3) is 0 Å². The van der Waals surface area contributed by atoms with Gasteiger partial charge in [-0.05, 0) is 17.7 Å². The lowest BCUT2D eigenvalue weighted by atomic mass is 10.0. The lowest BCUT2D eigenvalue weighted by Crippen LogP contribution is -2.52. The number of β-amino-alcohol motifs (C(OH)–C–C–N with tert-alkyl or cyclic N) is 1. The molecule has 25 heavy (non-hydrogen) atoms. The van der Waals surface area contributed by atoms with Crippen molar-refractivity contribution >= 4 is 17.7 Å². The Hall–Kier alpha value is -2.92. The first-order valence-corrected chi connectivity index (χ1v) is 7.85. The fraction of sp³-hybridized carbons (Fsp3) is 0.412. The van der Waals surface area contributed by atoms with Crippen molar-refractivity contribution in [1.82, 2.24) is 10.2 Å². The van der Waals surface area contributed by atoms with Crippen LogP contribution in [0.5, 0.6) is 0 Å². The predicted octanol–water partition coefficient (Wildman–Crippen LogP) is -0.947. The number of rotatable bonds is 5. The second kappa shape index (κ2) is 7.77. The second-order valence-electron chi connectivity index (χ2n) is 6.06. The van der Waals surface area contributed by atoms with Gasteiger partial charge in [-0.1, -0.05) is 12.1 Å². The van der Waals surface area contributed by atoms with Crippen LogP contribution in [0.2, 0.25) is 0 Å². The average Bonchev–Trinajstić information content (AvgIpc) is 2.96. The number of nitrogens with zero attached hydrogens (tertiary/aromatic N) is 2. The molecular formula is C17H20N4O4. The van der Waals surface area contributed by atoms with Crippen molar-refractivity contribution in [2.45, 2.75) is 38.0 Å². The molecule has 0 radical (unpaired) electrons. The number of amides is 3. The van der Waals surface area contributed by atoms with Crippen molar-refractivity contribution in [3.63, 3.8) is 0 Å². The molecule has 2 rings (SSSR count). The van der Waals surface area contributed by atoms with Crippen molar-refractivity contribution in [2.75, 3.05) is 6.54 Å². The summed E-state index contributed by atoms with van der Waals surface area (Å²) in [5.74, 6) is -1.58. The summed E-state index contributed by atoms with van der Waals surface area (Å²) in [7, 11) is 0. The van der Waals surface area contributed by atoms with E-state index < -0.39 is 30.0 Å². The molecule has 3 amide bonds. The topological polar surface area (TPSA) is 137 Å². The Morgan fingerprint density at radius 1 is 1.48 bits per heavy atom. The molecule has 0 saturated carbocycles. The van der Waals surface area contributed by atoms with E-state index in [1.165, 1.54) is 11.8 Å². The van der Waals surface area contributed by atoms with E-state index in [-0.39, 0.29) is 25.3 Å². The van der Waals surface area contributed by atoms with Gasteiger partial charge in [-0.3, -0.25) is 14.4 Å². The maximum absolute atomic E-state index is 12.5. The summed E-state index contributed by atoms with van der Waals surface area (Å²) in [4.78, 5) is 37.0. The number of benzene rings is 1. The van der Waals surface area contributed by atoms with Crippen molar-refractivity contribution in [1.29, 1.82) is 5.26 Å². The summed E-state index contributed by atoms with van der Waals surface area (Å²) in [5, 5.41) is 21.2. The van der Waals surface area contributed by atoms with Crippen LogP contribution < -0.4 is 11.1 Å². The molecule has 1 saturated heterocycles. The molecule has 1 aromatic carbocycles. The molecule has 0 unspecified atom stereocenters. The molecule has 1 fully saturated rings. The maximum atomic E-state index is 12.5. The van der Waals surface area contributed by atoms with E-state index >= 15 is 0 Å². The number of hydrogen-bond acceptors (Lipinski definition) is 5. The minimum atomic E-state index is -0.979. The van der Waals surface area contributed by atoms with Gasteiger partial charge in [0.05, 0.1) is 17.7 Å². The number of carbonyl (C=O) groups is 3. The Kier molecular flexibility index (Phi) is 5.72. The first kappa shape index (κ1) is 18.4. The third kappa shape index (κ3) is 4.55. The Morgan fingerprint density at radius 2 is 2.20 bits per heavy atom. The van der Waals surface area contributed by atoms with Crippen LogP contribution in [0.25, 0.3) is 0 Å². The highest BCUT2D eigenvalue weighted by Crippen LogP contribution is 2.18. The molecule has 8 heteroatoms. The minimum Gasteiger partial charge on any atom is -0.391 e. The van der Waals surface area contributed by atoms with Crippen LogP contribution in [0.15, 0.2) is 24.3 Å². The summed E-state index contributed by atoms with van der Waals surface area (Å²) < 4.78 is 0. The van der Waals surface area contributed by atoms with Gasteiger partial charge in [-0.2, -0.15) is 5.26 Å². The van der Waals surface area contributed by atoms with Crippen molar-refractivity contribution in [3.8, 4) is 6.07 Å².